The molecule has 2 aromatic carbocycles. The molecule has 21 heavy (non-hydrogen) atoms. The highest BCUT2D eigenvalue weighted by Gasteiger charge is 2.10. The highest BCUT2D eigenvalue weighted by Crippen LogP contribution is 2.20. The van der Waals surface area contributed by atoms with E-state index in [0.717, 1.165) is 26.6 Å². The van der Waals surface area contributed by atoms with Crippen molar-refractivity contribution in [3.63, 3.8) is 0 Å². The van der Waals surface area contributed by atoms with Crippen molar-refractivity contribution in [1.29, 1.82) is 0 Å². The van der Waals surface area contributed by atoms with Crippen molar-refractivity contribution in [3.05, 3.63) is 64.5 Å². The Balaban J connectivity index is 1.77. The molecule has 0 saturated carbocycles. The summed E-state index contributed by atoms with van der Waals surface area (Å²) in [5.74, 6) is -0.445. The number of benzene rings is 2. The first-order valence-corrected chi connectivity index (χ1v) is 7.22. The normalized spacial score (nSPS) is 10.8. The fraction of sp³-hybridized carbons (Fsp3) is 0.0625. The molecule has 0 saturated heterocycles. The summed E-state index contributed by atoms with van der Waals surface area (Å²) >= 11 is 3.34. The number of amides is 1. The van der Waals surface area contributed by atoms with Gasteiger partial charge < -0.3 is 10.3 Å². The maximum absolute atomic E-state index is 13.3. The van der Waals surface area contributed by atoms with Crippen molar-refractivity contribution in [1.82, 2.24) is 4.98 Å². The zero-order chi connectivity index (χ0) is 14.8. The Bertz CT molecular complexity index is 796. The molecule has 1 amide bonds. The minimum atomic E-state index is -0.309. The molecular weight excluding hydrogens is 335 g/mol. The molecule has 3 rings (SSSR count). The number of anilines is 1. The lowest BCUT2D eigenvalue weighted by molar-refractivity contribution is -0.115. The van der Waals surface area contributed by atoms with Gasteiger partial charge in [-0.05, 0) is 48.0 Å². The minimum absolute atomic E-state index is 0.137. The topological polar surface area (TPSA) is 44.9 Å². The van der Waals surface area contributed by atoms with E-state index in [9.17, 15) is 9.18 Å². The molecule has 0 spiro atoms. The van der Waals surface area contributed by atoms with Crippen LogP contribution in [-0.2, 0) is 11.2 Å². The van der Waals surface area contributed by atoms with Crippen LogP contribution in [0, 0.1) is 5.82 Å². The predicted molar refractivity (Wildman–Crippen MR) is 84.7 cm³/mol. The third-order valence-corrected chi connectivity index (χ3v) is 3.74. The highest BCUT2D eigenvalue weighted by atomic mass is 79.9. The second kappa shape index (κ2) is 5.69. The van der Waals surface area contributed by atoms with Gasteiger partial charge in [-0.1, -0.05) is 15.9 Å². The number of carbonyl (C=O) groups is 1. The molecule has 3 aromatic rings. The van der Waals surface area contributed by atoms with E-state index in [-0.39, 0.29) is 18.1 Å². The Morgan fingerprint density at radius 3 is 2.71 bits per heavy atom. The Morgan fingerprint density at radius 2 is 1.95 bits per heavy atom. The second-order valence-corrected chi connectivity index (χ2v) is 5.65. The van der Waals surface area contributed by atoms with Gasteiger partial charge in [0.1, 0.15) is 5.82 Å². The molecule has 0 aliphatic heterocycles. The summed E-state index contributed by atoms with van der Waals surface area (Å²) in [4.78, 5) is 15.1. The van der Waals surface area contributed by atoms with Gasteiger partial charge in [0.2, 0.25) is 5.91 Å². The van der Waals surface area contributed by atoms with Crippen LogP contribution in [-0.4, -0.2) is 10.9 Å². The van der Waals surface area contributed by atoms with E-state index in [0.29, 0.717) is 0 Å². The first-order chi connectivity index (χ1) is 10.1. The molecule has 0 radical (unpaired) electrons. The lowest BCUT2D eigenvalue weighted by Crippen LogP contribution is -2.14. The average Bonchev–Trinajstić information content (AvgIpc) is 2.84. The van der Waals surface area contributed by atoms with Crippen LogP contribution in [0.1, 0.15) is 5.56 Å². The first kappa shape index (κ1) is 13.8. The van der Waals surface area contributed by atoms with E-state index >= 15 is 0 Å². The van der Waals surface area contributed by atoms with Crippen LogP contribution in [0.3, 0.4) is 0 Å². The summed E-state index contributed by atoms with van der Waals surface area (Å²) in [6.45, 7) is 0. The molecule has 1 heterocycles. The van der Waals surface area contributed by atoms with E-state index in [1.165, 1.54) is 12.1 Å². The fourth-order valence-corrected chi connectivity index (χ4v) is 2.47. The molecule has 1 aromatic heterocycles. The van der Waals surface area contributed by atoms with Gasteiger partial charge in [-0.25, -0.2) is 4.39 Å². The second-order valence-electron chi connectivity index (χ2n) is 4.74. The molecule has 3 nitrogen and oxygen atoms in total. The molecular formula is C16H12BrFN2O. The van der Waals surface area contributed by atoms with Crippen molar-refractivity contribution in [2.24, 2.45) is 0 Å². The Morgan fingerprint density at radius 1 is 1.19 bits per heavy atom. The largest absolute Gasteiger partial charge is 0.361 e. The maximum Gasteiger partial charge on any atom is 0.228 e. The zero-order valence-electron chi connectivity index (χ0n) is 11.0. The number of halogens is 2. The van der Waals surface area contributed by atoms with Gasteiger partial charge in [-0.2, -0.15) is 0 Å². The summed E-state index contributed by atoms with van der Waals surface area (Å²) in [6.07, 6.45) is 1.94. The number of carbonyl (C=O) groups excluding carboxylic acids is 1. The van der Waals surface area contributed by atoms with Crippen LogP contribution in [0.25, 0.3) is 10.9 Å². The van der Waals surface area contributed by atoms with Gasteiger partial charge in [0.05, 0.1) is 6.42 Å². The highest BCUT2D eigenvalue weighted by molar-refractivity contribution is 9.10. The maximum atomic E-state index is 13.3. The van der Waals surface area contributed by atoms with Crippen molar-refractivity contribution in [2.75, 3.05) is 5.32 Å². The lowest BCUT2D eigenvalue weighted by atomic mass is 10.1. The number of hydrogen-bond donors (Lipinski definition) is 2. The predicted octanol–water partition coefficient (Wildman–Crippen LogP) is 4.25. The lowest BCUT2D eigenvalue weighted by Gasteiger charge is -2.05. The molecule has 2 N–H and O–H groups in total. The zero-order valence-corrected chi connectivity index (χ0v) is 12.6. The van der Waals surface area contributed by atoms with Gasteiger partial charge in [0, 0.05) is 27.3 Å². The van der Waals surface area contributed by atoms with Crippen LogP contribution in [0.2, 0.25) is 0 Å². The Kier molecular flexibility index (Phi) is 3.75. The standard InChI is InChI=1S/C16H12BrFN2O/c17-11-1-4-13(5-2-11)20-16(21)7-10-9-19-15-6-3-12(18)8-14(10)15/h1-6,8-9,19H,7H2,(H,20,21). The monoisotopic (exact) mass is 346 g/mol. The van der Waals surface area contributed by atoms with Gasteiger partial charge >= 0.3 is 0 Å². The molecule has 0 fully saturated rings. The quantitative estimate of drug-likeness (QED) is 0.731. The van der Waals surface area contributed by atoms with E-state index in [1.54, 1.807) is 12.3 Å². The molecule has 0 atom stereocenters. The number of aromatic nitrogens is 1. The van der Waals surface area contributed by atoms with Crippen LogP contribution in [0.15, 0.2) is 53.1 Å². The number of rotatable bonds is 3. The van der Waals surface area contributed by atoms with Crippen LogP contribution < -0.4 is 5.32 Å². The number of hydrogen-bond acceptors (Lipinski definition) is 1. The van der Waals surface area contributed by atoms with Crippen molar-refractivity contribution < 1.29 is 9.18 Å². The Labute approximate surface area is 129 Å². The van der Waals surface area contributed by atoms with Crippen molar-refractivity contribution >= 4 is 38.4 Å². The van der Waals surface area contributed by atoms with E-state index in [4.69, 9.17) is 0 Å². The van der Waals surface area contributed by atoms with E-state index in [1.807, 2.05) is 24.3 Å². The Hall–Kier alpha value is -2.14. The van der Waals surface area contributed by atoms with E-state index < -0.39 is 0 Å². The number of aromatic amines is 1. The van der Waals surface area contributed by atoms with Gasteiger partial charge in [-0.3, -0.25) is 4.79 Å². The first-order valence-electron chi connectivity index (χ1n) is 6.43. The number of H-pyrrole nitrogens is 1. The molecule has 106 valence electrons. The average molecular weight is 347 g/mol. The minimum Gasteiger partial charge on any atom is -0.361 e. The summed E-state index contributed by atoms with van der Waals surface area (Å²) in [5.41, 5.74) is 2.33. The van der Waals surface area contributed by atoms with Crippen molar-refractivity contribution in [3.8, 4) is 0 Å². The van der Waals surface area contributed by atoms with Crippen LogP contribution in [0.4, 0.5) is 10.1 Å². The number of nitrogens with one attached hydrogen (secondary N) is 2. The smallest absolute Gasteiger partial charge is 0.228 e. The van der Waals surface area contributed by atoms with Gasteiger partial charge in [-0.15, -0.1) is 0 Å². The SMILES string of the molecule is O=C(Cc1c[nH]c2ccc(F)cc12)Nc1ccc(Br)cc1. The molecule has 0 bridgehead atoms. The molecule has 0 unspecified atom stereocenters. The van der Waals surface area contributed by atoms with Crippen LogP contribution in [0.5, 0.6) is 0 Å². The third-order valence-electron chi connectivity index (χ3n) is 3.21. The fourth-order valence-electron chi connectivity index (χ4n) is 2.21. The van der Waals surface area contributed by atoms with Gasteiger partial charge in [0.25, 0.3) is 0 Å². The van der Waals surface area contributed by atoms with Gasteiger partial charge in [0.15, 0.2) is 0 Å². The van der Waals surface area contributed by atoms with Crippen molar-refractivity contribution in [2.45, 2.75) is 6.42 Å². The molecule has 0 aliphatic rings. The summed E-state index contributed by atoms with van der Waals surface area (Å²) in [5, 5.41) is 3.56. The summed E-state index contributed by atoms with van der Waals surface area (Å²) < 4.78 is 14.2. The molecule has 0 aliphatic carbocycles. The molecule has 5 heteroatoms. The number of fused-ring (bicyclic) bond motifs is 1. The third kappa shape index (κ3) is 3.13. The van der Waals surface area contributed by atoms with E-state index in [2.05, 4.69) is 26.2 Å². The summed E-state index contributed by atoms with van der Waals surface area (Å²) in [7, 11) is 0. The summed E-state index contributed by atoms with van der Waals surface area (Å²) in [6, 6.07) is 11.8. The van der Waals surface area contributed by atoms with Crippen LogP contribution >= 0.6 is 15.9 Å².